The number of benzene rings is 2. The Kier molecular flexibility index (Phi) is 4.32. The Labute approximate surface area is 141 Å². The minimum Gasteiger partial charge on any atom is -0.256 e. The summed E-state index contributed by atoms with van der Waals surface area (Å²) in [5.41, 5.74) is 1.33. The molecule has 0 radical (unpaired) electrons. The van der Waals surface area contributed by atoms with Crippen LogP contribution in [0, 0.1) is 17.5 Å². The van der Waals surface area contributed by atoms with Crippen LogP contribution in [0.3, 0.4) is 0 Å². The molecule has 0 saturated carbocycles. The fourth-order valence-electron chi connectivity index (χ4n) is 2.41. The van der Waals surface area contributed by atoms with Crippen LogP contribution in [0.25, 0.3) is 22.4 Å². The van der Waals surface area contributed by atoms with Crippen molar-refractivity contribution in [2.45, 2.75) is 4.90 Å². The Morgan fingerprint density at radius 1 is 0.840 bits per heavy atom. The molecule has 0 aliphatic rings. The van der Waals surface area contributed by atoms with Gasteiger partial charge in [0, 0.05) is 17.3 Å². The van der Waals surface area contributed by atoms with Crippen LogP contribution >= 0.6 is 0 Å². The molecule has 0 saturated heterocycles. The normalized spacial score (nSPS) is 11.5. The molecule has 3 rings (SSSR count). The molecule has 2 N–H and O–H groups in total. The second kappa shape index (κ2) is 6.30. The van der Waals surface area contributed by atoms with E-state index >= 15 is 0 Å². The lowest BCUT2D eigenvalue weighted by molar-refractivity contribution is 0.509. The Bertz CT molecular complexity index is 1070. The van der Waals surface area contributed by atoms with E-state index in [2.05, 4.69) is 4.98 Å². The maximum atomic E-state index is 14.1. The SMILES string of the molecule is NS(=O)(=O)c1ccc(-c2cccnc2-c2ccc(F)c(F)c2)cc1F. The van der Waals surface area contributed by atoms with Crippen LogP contribution in [-0.4, -0.2) is 13.4 Å². The number of halogens is 3. The summed E-state index contributed by atoms with van der Waals surface area (Å²) in [6.45, 7) is 0. The summed E-state index contributed by atoms with van der Waals surface area (Å²) in [7, 11) is -4.19. The van der Waals surface area contributed by atoms with Crippen molar-refractivity contribution in [3.05, 3.63) is 72.2 Å². The third-order valence-electron chi connectivity index (χ3n) is 3.55. The summed E-state index contributed by atoms with van der Waals surface area (Å²) in [5, 5.41) is 4.94. The highest BCUT2D eigenvalue weighted by Crippen LogP contribution is 2.32. The fourth-order valence-corrected chi connectivity index (χ4v) is 3.00. The molecule has 3 aromatic rings. The van der Waals surface area contributed by atoms with Crippen molar-refractivity contribution in [3.63, 3.8) is 0 Å². The van der Waals surface area contributed by atoms with Gasteiger partial charge in [0.1, 0.15) is 10.7 Å². The average molecular weight is 364 g/mol. The number of hydrogen-bond donors (Lipinski definition) is 1. The quantitative estimate of drug-likeness (QED) is 0.773. The second-order valence-corrected chi connectivity index (χ2v) is 6.75. The molecule has 0 atom stereocenters. The molecule has 128 valence electrons. The maximum Gasteiger partial charge on any atom is 0.240 e. The van der Waals surface area contributed by atoms with Gasteiger partial charge in [0.2, 0.25) is 10.0 Å². The van der Waals surface area contributed by atoms with Gasteiger partial charge < -0.3 is 0 Å². The van der Waals surface area contributed by atoms with Crippen molar-refractivity contribution in [1.82, 2.24) is 4.98 Å². The molecule has 0 aliphatic heterocycles. The summed E-state index contributed by atoms with van der Waals surface area (Å²) in [6.07, 6.45) is 1.45. The van der Waals surface area contributed by atoms with Gasteiger partial charge in [0.05, 0.1) is 5.69 Å². The molecule has 0 unspecified atom stereocenters. The maximum absolute atomic E-state index is 14.1. The number of hydrogen-bond acceptors (Lipinski definition) is 3. The van der Waals surface area contributed by atoms with Crippen molar-refractivity contribution >= 4 is 10.0 Å². The minimum absolute atomic E-state index is 0.296. The van der Waals surface area contributed by atoms with Crippen molar-refractivity contribution in [1.29, 1.82) is 0 Å². The molecule has 4 nitrogen and oxygen atoms in total. The van der Waals surface area contributed by atoms with Gasteiger partial charge in [-0.1, -0.05) is 12.1 Å². The van der Waals surface area contributed by atoms with E-state index in [0.29, 0.717) is 22.4 Å². The zero-order valence-corrected chi connectivity index (χ0v) is 13.4. The molecule has 0 aliphatic carbocycles. The predicted octanol–water partition coefficient (Wildman–Crippen LogP) is 3.48. The predicted molar refractivity (Wildman–Crippen MR) is 86.4 cm³/mol. The Hall–Kier alpha value is -2.71. The van der Waals surface area contributed by atoms with Crippen LogP contribution in [-0.2, 0) is 10.0 Å². The van der Waals surface area contributed by atoms with Gasteiger partial charge >= 0.3 is 0 Å². The van der Waals surface area contributed by atoms with E-state index in [9.17, 15) is 21.6 Å². The first-order chi connectivity index (χ1) is 11.8. The van der Waals surface area contributed by atoms with Crippen LogP contribution in [0.1, 0.15) is 0 Å². The number of aromatic nitrogens is 1. The van der Waals surface area contributed by atoms with Crippen LogP contribution < -0.4 is 5.14 Å². The molecule has 0 spiro atoms. The van der Waals surface area contributed by atoms with Crippen LogP contribution in [0.5, 0.6) is 0 Å². The highest BCUT2D eigenvalue weighted by atomic mass is 32.2. The zero-order chi connectivity index (χ0) is 18.2. The van der Waals surface area contributed by atoms with Crippen molar-refractivity contribution < 1.29 is 21.6 Å². The summed E-state index contributed by atoms with van der Waals surface area (Å²) in [6, 6.07) is 9.90. The van der Waals surface area contributed by atoms with E-state index in [1.165, 1.54) is 18.3 Å². The molecular formula is C17H11F3N2O2S. The molecule has 1 heterocycles. The van der Waals surface area contributed by atoms with Crippen molar-refractivity contribution in [2.24, 2.45) is 5.14 Å². The van der Waals surface area contributed by atoms with Crippen molar-refractivity contribution in [2.75, 3.05) is 0 Å². The molecular weight excluding hydrogens is 353 g/mol. The molecule has 8 heteroatoms. The lowest BCUT2D eigenvalue weighted by Gasteiger charge is -2.10. The zero-order valence-electron chi connectivity index (χ0n) is 12.6. The van der Waals surface area contributed by atoms with Gasteiger partial charge in [-0.05, 0) is 42.0 Å². The monoisotopic (exact) mass is 364 g/mol. The van der Waals surface area contributed by atoms with Gasteiger partial charge in [0.15, 0.2) is 11.6 Å². The number of rotatable bonds is 3. The average Bonchev–Trinajstić information content (AvgIpc) is 2.56. The number of nitrogens with zero attached hydrogens (tertiary/aromatic N) is 1. The second-order valence-electron chi connectivity index (χ2n) is 5.22. The first kappa shape index (κ1) is 17.1. The first-order valence-electron chi connectivity index (χ1n) is 7.00. The Morgan fingerprint density at radius 2 is 1.52 bits per heavy atom. The first-order valence-corrected chi connectivity index (χ1v) is 8.55. The molecule has 1 aromatic heterocycles. The number of pyridine rings is 1. The summed E-state index contributed by atoms with van der Waals surface area (Å²) in [5.74, 6) is -3.05. The van der Waals surface area contributed by atoms with E-state index in [4.69, 9.17) is 5.14 Å². The Morgan fingerprint density at radius 3 is 2.16 bits per heavy atom. The smallest absolute Gasteiger partial charge is 0.240 e. The lowest BCUT2D eigenvalue weighted by Crippen LogP contribution is -2.13. The third-order valence-corrected chi connectivity index (χ3v) is 4.49. The van der Waals surface area contributed by atoms with Crippen LogP contribution in [0.15, 0.2) is 59.6 Å². The van der Waals surface area contributed by atoms with Crippen LogP contribution in [0.4, 0.5) is 13.2 Å². The van der Waals surface area contributed by atoms with Gasteiger partial charge in [-0.15, -0.1) is 0 Å². The highest BCUT2D eigenvalue weighted by molar-refractivity contribution is 7.89. The third kappa shape index (κ3) is 3.40. The van der Waals surface area contributed by atoms with Gasteiger partial charge in [0.25, 0.3) is 0 Å². The van der Waals surface area contributed by atoms with Crippen molar-refractivity contribution in [3.8, 4) is 22.4 Å². The highest BCUT2D eigenvalue weighted by Gasteiger charge is 2.17. The number of primary sulfonamides is 1. The molecule has 25 heavy (non-hydrogen) atoms. The molecule has 0 fully saturated rings. The fraction of sp³-hybridized carbons (Fsp3) is 0. The molecule has 0 bridgehead atoms. The number of nitrogens with two attached hydrogens (primary N) is 1. The molecule has 0 amide bonds. The van der Waals surface area contributed by atoms with E-state index in [-0.39, 0.29) is 0 Å². The lowest BCUT2D eigenvalue weighted by atomic mass is 9.99. The van der Waals surface area contributed by atoms with E-state index in [1.54, 1.807) is 12.1 Å². The summed E-state index contributed by atoms with van der Waals surface area (Å²) < 4.78 is 63.3. The minimum atomic E-state index is -4.19. The van der Waals surface area contributed by atoms with Gasteiger partial charge in [-0.3, -0.25) is 4.98 Å². The molecule has 2 aromatic carbocycles. The standard InChI is InChI=1S/C17H11F3N2O2S/c18-13-5-3-11(9-14(13)19)17-12(2-1-7-22-17)10-4-6-16(15(20)8-10)25(21,23)24/h1-9H,(H2,21,23,24). The van der Waals surface area contributed by atoms with Gasteiger partial charge in [-0.2, -0.15) is 0 Å². The van der Waals surface area contributed by atoms with E-state index in [0.717, 1.165) is 24.3 Å². The van der Waals surface area contributed by atoms with E-state index in [1.807, 2.05) is 0 Å². The van der Waals surface area contributed by atoms with Gasteiger partial charge in [-0.25, -0.2) is 26.7 Å². The summed E-state index contributed by atoms with van der Waals surface area (Å²) >= 11 is 0. The van der Waals surface area contributed by atoms with E-state index < -0.39 is 32.4 Å². The van der Waals surface area contributed by atoms with Crippen LogP contribution in [0.2, 0.25) is 0 Å². The number of sulfonamides is 1. The largest absolute Gasteiger partial charge is 0.256 e. The summed E-state index contributed by atoms with van der Waals surface area (Å²) in [4.78, 5) is 3.51. The topological polar surface area (TPSA) is 73.1 Å². The Balaban J connectivity index is 2.16.